The Kier molecular flexibility index (Phi) is 6.20. The molecule has 0 radical (unpaired) electrons. The average molecular weight is 399 g/mol. The molecule has 1 heterocycles. The molecule has 0 saturated carbocycles. The van der Waals surface area contributed by atoms with E-state index in [2.05, 4.69) is 10.2 Å². The molecule has 0 aliphatic rings. The lowest BCUT2D eigenvalue weighted by Gasteiger charge is -2.13. The van der Waals surface area contributed by atoms with Crippen molar-refractivity contribution in [2.75, 3.05) is 27.1 Å². The smallest absolute Gasteiger partial charge is 0.203 e. The number of nitrogens with zero attached hydrogens (tertiary/aromatic N) is 3. The van der Waals surface area contributed by atoms with Crippen LogP contribution in [0.2, 0.25) is 0 Å². The first-order valence-electron chi connectivity index (χ1n) is 8.49. The lowest BCUT2D eigenvalue weighted by molar-refractivity contribution is 0.102. The average Bonchev–Trinajstić information content (AvgIpc) is 3.11. The number of methoxy groups -OCH3 is 3. The van der Waals surface area contributed by atoms with Crippen molar-refractivity contribution in [3.05, 3.63) is 48.0 Å². The summed E-state index contributed by atoms with van der Waals surface area (Å²) in [5, 5.41) is 9.11. The maximum Gasteiger partial charge on any atom is 0.203 e. The van der Waals surface area contributed by atoms with Crippen LogP contribution < -0.4 is 14.2 Å². The molecule has 0 unspecified atom stereocenters. The predicted octanol–water partition coefficient (Wildman–Crippen LogP) is 3.48. The van der Waals surface area contributed by atoms with E-state index in [0.29, 0.717) is 28.0 Å². The SMILES string of the molecule is COc1cc(C(=O)CSc2nnc(-c3ccccc3)n2C)cc(OC)c1OC. The zero-order valence-corrected chi connectivity index (χ0v) is 16.9. The third-order valence-electron chi connectivity index (χ3n) is 4.19. The summed E-state index contributed by atoms with van der Waals surface area (Å²) in [7, 11) is 6.45. The molecule has 0 aliphatic heterocycles. The number of hydrogen-bond acceptors (Lipinski definition) is 7. The number of ether oxygens (including phenoxy) is 3. The first kappa shape index (κ1) is 19.8. The summed E-state index contributed by atoms with van der Waals surface area (Å²) >= 11 is 1.33. The molecule has 0 fully saturated rings. The van der Waals surface area contributed by atoms with E-state index < -0.39 is 0 Å². The number of carbonyl (C=O) groups excluding carboxylic acids is 1. The fraction of sp³-hybridized carbons (Fsp3) is 0.250. The van der Waals surface area contributed by atoms with Crippen molar-refractivity contribution in [1.82, 2.24) is 14.8 Å². The number of carbonyl (C=O) groups is 1. The highest BCUT2D eigenvalue weighted by atomic mass is 32.2. The first-order chi connectivity index (χ1) is 13.6. The number of aromatic nitrogens is 3. The molecule has 0 aliphatic carbocycles. The molecule has 0 atom stereocenters. The topological polar surface area (TPSA) is 75.5 Å². The molecule has 2 aromatic carbocycles. The van der Waals surface area contributed by atoms with Gasteiger partial charge in [-0.15, -0.1) is 10.2 Å². The highest BCUT2D eigenvalue weighted by molar-refractivity contribution is 7.99. The van der Waals surface area contributed by atoms with Crippen LogP contribution in [0.5, 0.6) is 17.2 Å². The summed E-state index contributed by atoms with van der Waals surface area (Å²) in [6.45, 7) is 0. The van der Waals surface area contributed by atoms with Crippen molar-refractivity contribution in [2.24, 2.45) is 7.05 Å². The summed E-state index contributed by atoms with van der Waals surface area (Å²) in [6.07, 6.45) is 0. The van der Waals surface area contributed by atoms with E-state index in [0.717, 1.165) is 11.4 Å². The van der Waals surface area contributed by atoms with Crippen molar-refractivity contribution in [1.29, 1.82) is 0 Å². The Morgan fingerprint density at radius 1 is 1.00 bits per heavy atom. The lowest BCUT2D eigenvalue weighted by Crippen LogP contribution is -2.06. The van der Waals surface area contributed by atoms with Crippen molar-refractivity contribution in [3.8, 4) is 28.6 Å². The van der Waals surface area contributed by atoms with Crippen LogP contribution in [-0.4, -0.2) is 47.6 Å². The molecular formula is C20H21N3O4S. The third-order valence-corrected chi connectivity index (χ3v) is 5.21. The molecule has 8 heteroatoms. The molecule has 1 aromatic heterocycles. The van der Waals surface area contributed by atoms with Crippen molar-refractivity contribution < 1.29 is 19.0 Å². The lowest BCUT2D eigenvalue weighted by atomic mass is 10.1. The van der Waals surface area contributed by atoms with Crippen LogP contribution in [0.3, 0.4) is 0 Å². The van der Waals surface area contributed by atoms with Gasteiger partial charge in [0, 0.05) is 18.2 Å². The van der Waals surface area contributed by atoms with Gasteiger partial charge in [-0.3, -0.25) is 4.79 Å². The number of ketones is 1. The second-order valence-corrected chi connectivity index (χ2v) is 6.80. The normalized spacial score (nSPS) is 10.6. The molecule has 3 rings (SSSR count). The van der Waals surface area contributed by atoms with E-state index in [4.69, 9.17) is 14.2 Å². The first-order valence-corrected chi connectivity index (χ1v) is 9.48. The zero-order chi connectivity index (χ0) is 20.1. The Morgan fingerprint density at radius 3 is 2.21 bits per heavy atom. The third kappa shape index (κ3) is 3.96. The Morgan fingerprint density at radius 2 is 1.64 bits per heavy atom. The van der Waals surface area contributed by atoms with Gasteiger partial charge >= 0.3 is 0 Å². The molecule has 0 saturated heterocycles. The largest absolute Gasteiger partial charge is 0.493 e. The molecule has 3 aromatic rings. The van der Waals surface area contributed by atoms with E-state index in [1.165, 1.54) is 33.1 Å². The maximum absolute atomic E-state index is 12.7. The van der Waals surface area contributed by atoms with Crippen LogP contribution >= 0.6 is 11.8 Å². The van der Waals surface area contributed by atoms with Crippen molar-refractivity contribution in [2.45, 2.75) is 5.16 Å². The van der Waals surface area contributed by atoms with Gasteiger partial charge in [0.1, 0.15) is 0 Å². The van der Waals surface area contributed by atoms with E-state index in [-0.39, 0.29) is 11.5 Å². The number of rotatable bonds is 8. The van der Waals surface area contributed by atoms with Crippen LogP contribution in [0, 0.1) is 0 Å². The Hall–Kier alpha value is -3.00. The highest BCUT2D eigenvalue weighted by Crippen LogP contribution is 2.38. The molecule has 28 heavy (non-hydrogen) atoms. The number of benzene rings is 2. The van der Waals surface area contributed by atoms with Gasteiger partial charge in [-0.1, -0.05) is 42.1 Å². The Labute approximate surface area is 167 Å². The van der Waals surface area contributed by atoms with Crippen molar-refractivity contribution >= 4 is 17.5 Å². The summed E-state index contributed by atoms with van der Waals surface area (Å²) < 4.78 is 17.8. The van der Waals surface area contributed by atoms with Gasteiger partial charge in [-0.05, 0) is 12.1 Å². The minimum atomic E-state index is -0.0754. The second-order valence-electron chi connectivity index (χ2n) is 5.86. The minimum absolute atomic E-state index is 0.0754. The van der Waals surface area contributed by atoms with Crippen LogP contribution in [0.25, 0.3) is 11.4 Å². The van der Waals surface area contributed by atoms with E-state index in [9.17, 15) is 4.79 Å². The highest BCUT2D eigenvalue weighted by Gasteiger charge is 2.18. The minimum Gasteiger partial charge on any atom is -0.493 e. The summed E-state index contributed by atoms with van der Waals surface area (Å²) in [5.74, 6) is 2.23. The number of Topliss-reactive ketones (excluding diaryl/α,β-unsaturated/α-hetero) is 1. The molecule has 0 N–H and O–H groups in total. The molecule has 0 amide bonds. The standard InChI is InChI=1S/C20H21N3O4S/c1-23-19(13-8-6-5-7-9-13)21-22-20(23)28-12-15(24)14-10-16(25-2)18(27-4)17(11-14)26-3/h5-11H,12H2,1-4H3. The second kappa shape index (κ2) is 8.79. The van der Waals surface area contributed by atoms with Gasteiger partial charge in [0.15, 0.2) is 28.3 Å². The van der Waals surface area contributed by atoms with Gasteiger partial charge in [0.05, 0.1) is 27.1 Å². The predicted molar refractivity (Wildman–Crippen MR) is 108 cm³/mol. The van der Waals surface area contributed by atoms with Gasteiger partial charge in [-0.2, -0.15) is 0 Å². The Bertz CT molecular complexity index is 948. The van der Waals surface area contributed by atoms with Crippen LogP contribution in [0.15, 0.2) is 47.6 Å². The fourth-order valence-corrected chi connectivity index (χ4v) is 3.54. The molecule has 7 nitrogen and oxygen atoms in total. The van der Waals surface area contributed by atoms with E-state index in [1.54, 1.807) is 12.1 Å². The van der Waals surface area contributed by atoms with Gasteiger partial charge < -0.3 is 18.8 Å². The molecule has 0 bridgehead atoms. The van der Waals surface area contributed by atoms with Crippen LogP contribution in [0.1, 0.15) is 10.4 Å². The summed E-state index contributed by atoms with van der Waals surface area (Å²) in [6, 6.07) is 13.1. The van der Waals surface area contributed by atoms with E-state index >= 15 is 0 Å². The number of hydrogen-bond donors (Lipinski definition) is 0. The maximum atomic E-state index is 12.7. The molecule has 146 valence electrons. The van der Waals surface area contributed by atoms with E-state index in [1.807, 2.05) is 41.9 Å². The van der Waals surface area contributed by atoms with Gasteiger partial charge in [0.25, 0.3) is 0 Å². The summed E-state index contributed by atoms with van der Waals surface area (Å²) in [4.78, 5) is 12.7. The summed E-state index contributed by atoms with van der Waals surface area (Å²) in [5.41, 5.74) is 1.45. The van der Waals surface area contributed by atoms with Crippen LogP contribution in [0.4, 0.5) is 0 Å². The van der Waals surface area contributed by atoms with Gasteiger partial charge in [0.2, 0.25) is 5.75 Å². The molecular weight excluding hydrogens is 378 g/mol. The van der Waals surface area contributed by atoms with Gasteiger partial charge in [-0.25, -0.2) is 0 Å². The quantitative estimate of drug-likeness (QED) is 0.424. The number of thioether (sulfide) groups is 1. The monoisotopic (exact) mass is 399 g/mol. The Balaban J connectivity index is 1.77. The van der Waals surface area contributed by atoms with Crippen molar-refractivity contribution in [3.63, 3.8) is 0 Å². The zero-order valence-electron chi connectivity index (χ0n) is 16.1. The fourth-order valence-electron chi connectivity index (χ4n) is 2.73. The molecule has 0 spiro atoms. The van der Waals surface area contributed by atoms with Crippen LogP contribution in [-0.2, 0) is 7.05 Å².